The molecular weight excluding hydrogens is 258 g/mol. The van der Waals surface area contributed by atoms with Gasteiger partial charge in [0.05, 0.1) is 18.0 Å². The first-order chi connectivity index (χ1) is 8.48. The highest BCUT2D eigenvalue weighted by atomic mass is 32.2. The third-order valence-electron chi connectivity index (χ3n) is 2.35. The van der Waals surface area contributed by atoms with Crippen LogP contribution in [0.5, 0.6) is 0 Å². The van der Waals surface area contributed by atoms with Crippen molar-refractivity contribution in [3.8, 4) is 0 Å². The van der Waals surface area contributed by atoms with Gasteiger partial charge in [-0.1, -0.05) is 5.21 Å². The van der Waals surface area contributed by atoms with Gasteiger partial charge in [-0.05, 0) is 13.0 Å². The Hall–Kier alpha value is -1.90. The second kappa shape index (κ2) is 4.77. The van der Waals surface area contributed by atoms with Crippen LogP contribution in [0.1, 0.15) is 6.92 Å². The van der Waals surface area contributed by atoms with Gasteiger partial charge in [0.15, 0.2) is 15.7 Å². The van der Waals surface area contributed by atoms with E-state index in [1.165, 1.54) is 6.08 Å². The van der Waals surface area contributed by atoms with Crippen molar-refractivity contribution < 1.29 is 13.2 Å². The highest BCUT2D eigenvalue weighted by Crippen LogP contribution is 2.08. The molecule has 1 aromatic heterocycles. The first-order valence-electron chi connectivity index (χ1n) is 5.37. The lowest BCUT2D eigenvalue weighted by Gasteiger charge is -2.09. The molecule has 0 saturated heterocycles. The maximum absolute atomic E-state index is 11.5. The number of aryl methyl sites for hydroxylation is 1. The summed E-state index contributed by atoms with van der Waals surface area (Å²) in [7, 11) is -3.17. The van der Waals surface area contributed by atoms with Gasteiger partial charge in [0.2, 0.25) is 0 Å². The van der Waals surface area contributed by atoms with Crippen LogP contribution in [-0.4, -0.2) is 41.2 Å². The molecule has 0 saturated carbocycles. The van der Waals surface area contributed by atoms with E-state index in [-0.39, 0.29) is 5.75 Å². The van der Waals surface area contributed by atoms with Crippen LogP contribution in [0, 0.1) is 0 Å². The number of nitrogens with zero attached hydrogens (tertiary/aromatic N) is 3. The van der Waals surface area contributed by atoms with Gasteiger partial charge in [0, 0.05) is 12.0 Å². The van der Waals surface area contributed by atoms with E-state index in [0.717, 1.165) is 5.41 Å². The minimum Gasteiger partial charge on any atom is -0.331 e. The van der Waals surface area contributed by atoms with Crippen molar-refractivity contribution in [2.45, 2.75) is 19.5 Å². The zero-order chi connectivity index (χ0) is 13.2. The lowest BCUT2D eigenvalue weighted by Crippen LogP contribution is -2.38. The molecule has 1 aliphatic rings. The fraction of sp³-hybridized carbons (Fsp3) is 0.444. The van der Waals surface area contributed by atoms with Crippen molar-refractivity contribution in [1.29, 1.82) is 0 Å². The van der Waals surface area contributed by atoms with Crippen LogP contribution in [0.2, 0.25) is 0 Å². The number of sulfone groups is 1. The van der Waals surface area contributed by atoms with Gasteiger partial charge in [0.1, 0.15) is 0 Å². The maximum Gasteiger partial charge on any atom is 0.320 e. The number of carbonyl (C=O) groups excluding carboxylic acids is 1. The number of amides is 2. The van der Waals surface area contributed by atoms with Crippen LogP contribution in [0.4, 0.5) is 10.6 Å². The van der Waals surface area contributed by atoms with Gasteiger partial charge in [-0.2, -0.15) is 0 Å². The van der Waals surface area contributed by atoms with Crippen molar-refractivity contribution in [3.63, 3.8) is 0 Å². The Morgan fingerprint density at radius 1 is 1.61 bits per heavy atom. The van der Waals surface area contributed by atoms with Gasteiger partial charge in [-0.15, -0.1) is 5.10 Å². The van der Waals surface area contributed by atoms with Gasteiger partial charge in [0.25, 0.3) is 0 Å². The maximum atomic E-state index is 11.5. The summed E-state index contributed by atoms with van der Waals surface area (Å²) in [4.78, 5) is 11.5. The van der Waals surface area contributed by atoms with Gasteiger partial charge >= 0.3 is 6.03 Å². The molecule has 2 rings (SSSR count). The molecule has 1 unspecified atom stereocenters. The van der Waals surface area contributed by atoms with E-state index in [0.29, 0.717) is 12.4 Å². The number of hydrogen-bond acceptors (Lipinski definition) is 5. The molecule has 2 heterocycles. The predicted octanol–water partition coefficient (Wildman–Crippen LogP) is -0.270. The number of rotatable bonds is 3. The highest BCUT2D eigenvalue weighted by Gasteiger charge is 2.23. The summed E-state index contributed by atoms with van der Waals surface area (Å²) in [5.41, 5.74) is 0. The fourth-order valence-corrected chi connectivity index (χ4v) is 2.73. The standard InChI is InChI=1S/C9H13N5O3S/c1-2-14-5-8(12-13-14)11-9(15)10-7-3-4-18(16,17)6-7/h3-5,7H,2,6H2,1H3,(H2,10,11,15). The van der Waals surface area contributed by atoms with Crippen molar-refractivity contribution in [1.82, 2.24) is 20.3 Å². The van der Waals surface area contributed by atoms with E-state index in [1.54, 1.807) is 10.9 Å². The number of urea groups is 1. The number of anilines is 1. The molecule has 0 aromatic carbocycles. The van der Waals surface area contributed by atoms with Crippen LogP contribution in [0.25, 0.3) is 0 Å². The van der Waals surface area contributed by atoms with Crippen molar-refractivity contribution in [3.05, 3.63) is 17.7 Å². The number of carbonyl (C=O) groups is 1. The van der Waals surface area contributed by atoms with E-state index in [1.807, 2.05) is 6.92 Å². The Bertz CT molecular complexity index is 577. The fourth-order valence-electron chi connectivity index (χ4n) is 1.50. The van der Waals surface area contributed by atoms with Crippen LogP contribution in [-0.2, 0) is 16.4 Å². The molecule has 0 fully saturated rings. The van der Waals surface area contributed by atoms with Crippen molar-refractivity contribution in [2.75, 3.05) is 11.1 Å². The molecule has 0 bridgehead atoms. The van der Waals surface area contributed by atoms with Crippen LogP contribution < -0.4 is 10.6 Å². The van der Waals surface area contributed by atoms with Gasteiger partial charge < -0.3 is 5.32 Å². The number of aromatic nitrogens is 3. The summed E-state index contributed by atoms with van der Waals surface area (Å²) in [5.74, 6) is 0.210. The summed E-state index contributed by atoms with van der Waals surface area (Å²) in [6.07, 6.45) is 3.03. The number of nitrogens with one attached hydrogen (secondary N) is 2. The van der Waals surface area contributed by atoms with Crippen LogP contribution in [0.15, 0.2) is 17.7 Å². The average molecular weight is 271 g/mol. The molecule has 1 aliphatic heterocycles. The first-order valence-corrected chi connectivity index (χ1v) is 7.08. The zero-order valence-corrected chi connectivity index (χ0v) is 10.5. The van der Waals surface area contributed by atoms with Gasteiger partial charge in [-0.3, -0.25) is 10.00 Å². The minimum absolute atomic E-state index is 0.109. The summed E-state index contributed by atoms with van der Waals surface area (Å²) in [6, 6.07) is -1.01. The van der Waals surface area contributed by atoms with E-state index >= 15 is 0 Å². The van der Waals surface area contributed by atoms with Crippen LogP contribution >= 0.6 is 0 Å². The Morgan fingerprint density at radius 3 is 2.94 bits per heavy atom. The first kappa shape index (κ1) is 12.6. The molecular formula is C9H13N5O3S. The Labute approximate surface area is 104 Å². The summed E-state index contributed by atoms with van der Waals surface area (Å²) >= 11 is 0. The molecule has 8 nitrogen and oxygen atoms in total. The SMILES string of the molecule is CCn1cc(NC(=O)NC2C=CS(=O)(=O)C2)nn1. The topological polar surface area (TPSA) is 106 Å². The molecule has 18 heavy (non-hydrogen) atoms. The highest BCUT2D eigenvalue weighted by molar-refractivity contribution is 7.94. The van der Waals surface area contributed by atoms with Crippen molar-refractivity contribution >= 4 is 21.7 Å². The third-order valence-corrected chi connectivity index (χ3v) is 3.75. The quantitative estimate of drug-likeness (QED) is 0.787. The van der Waals surface area contributed by atoms with E-state index < -0.39 is 21.9 Å². The number of hydrogen-bond donors (Lipinski definition) is 2. The van der Waals surface area contributed by atoms with E-state index in [9.17, 15) is 13.2 Å². The predicted molar refractivity (Wildman–Crippen MR) is 64.6 cm³/mol. The molecule has 0 spiro atoms. The molecule has 2 amide bonds. The largest absolute Gasteiger partial charge is 0.331 e. The molecule has 0 radical (unpaired) electrons. The van der Waals surface area contributed by atoms with E-state index in [4.69, 9.17) is 0 Å². The Balaban J connectivity index is 1.88. The molecule has 1 atom stereocenters. The smallest absolute Gasteiger partial charge is 0.320 e. The zero-order valence-electron chi connectivity index (χ0n) is 9.70. The van der Waals surface area contributed by atoms with Gasteiger partial charge in [-0.25, -0.2) is 13.2 Å². The monoisotopic (exact) mass is 271 g/mol. The lowest BCUT2D eigenvalue weighted by molar-refractivity contribution is 0.251. The molecule has 98 valence electrons. The minimum atomic E-state index is -3.17. The lowest BCUT2D eigenvalue weighted by atomic mass is 10.3. The Morgan fingerprint density at radius 2 is 2.39 bits per heavy atom. The molecule has 1 aromatic rings. The van der Waals surface area contributed by atoms with Crippen molar-refractivity contribution in [2.24, 2.45) is 0 Å². The molecule has 2 N–H and O–H groups in total. The average Bonchev–Trinajstić information content (AvgIpc) is 2.85. The van der Waals surface area contributed by atoms with E-state index in [2.05, 4.69) is 20.9 Å². The summed E-state index contributed by atoms with van der Waals surface area (Å²) in [6.45, 7) is 2.55. The summed E-state index contributed by atoms with van der Waals surface area (Å²) in [5, 5.41) is 13.6. The second-order valence-electron chi connectivity index (χ2n) is 3.82. The second-order valence-corrected chi connectivity index (χ2v) is 5.75. The normalized spacial score (nSPS) is 20.8. The Kier molecular flexibility index (Phi) is 3.32. The molecule has 9 heteroatoms. The third kappa shape index (κ3) is 3.06. The van der Waals surface area contributed by atoms with Crippen LogP contribution in [0.3, 0.4) is 0 Å². The summed E-state index contributed by atoms with van der Waals surface area (Å²) < 4.78 is 23.8. The molecule has 0 aliphatic carbocycles.